The Labute approximate surface area is 198 Å². The highest BCUT2D eigenvalue weighted by Crippen LogP contribution is 2.30. The molecule has 1 aliphatic heterocycles. The summed E-state index contributed by atoms with van der Waals surface area (Å²) in [5.74, 6) is -1.26. The van der Waals surface area contributed by atoms with Crippen LogP contribution in [0, 0.1) is 6.92 Å². The first-order valence-corrected chi connectivity index (χ1v) is 11.3. The number of benzene rings is 2. The minimum Gasteiger partial charge on any atom is -0.461 e. The molecule has 1 N–H and O–H groups in total. The summed E-state index contributed by atoms with van der Waals surface area (Å²) >= 11 is 0. The van der Waals surface area contributed by atoms with E-state index in [4.69, 9.17) is 4.74 Å². The van der Waals surface area contributed by atoms with Gasteiger partial charge in [-0.1, -0.05) is 60.2 Å². The third-order valence-corrected chi connectivity index (χ3v) is 5.99. The van der Waals surface area contributed by atoms with Crippen LogP contribution in [0.2, 0.25) is 0 Å². The average molecular weight is 461 g/mol. The second-order valence-electron chi connectivity index (χ2n) is 8.62. The van der Waals surface area contributed by atoms with Crippen LogP contribution in [-0.4, -0.2) is 44.6 Å². The molecular formula is C26H28N4O4. The van der Waals surface area contributed by atoms with Gasteiger partial charge >= 0.3 is 5.97 Å². The monoisotopic (exact) mass is 460 g/mol. The summed E-state index contributed by atoms with van der Waals surface area (Å²) in [6.45, 7) is 6.31. The fourth-order valence-corrected chi connectivity index (χ4v) is 4.16. The predicted octanol–water partition coefficient (Wildman–Crippen LogP) is 3.10. The van der Waals surface area contributed by atoms with Crippen molar-refractivity contribution in [2.24, 2.45) is 0 Å². The maximum atomic E-state index is 13.6. The van der Waals surface area contributed by atoms with Gasteiger partial charge < -0.3 is 15.0 Å². The Balaban J connectivity index is 1.68. The number of hydrogen-bond donors (Lipinski definition) is 1. The van der Waals surface area contributed by atoms with Gasteiger partial charge in [0.05, 0.1) is 13.2 Å². The van der Waals surface area contributed by atoms with E-state index in [9.17, 15) is 14.4 Å². The number of carbonyl (C=O) groups excluding carboxylic acids is 3. The lowest BCUT2D eigenvalue weighted by Gasteiger charge is -2.43. The van der Waals surface area contributed by atoms with Gasteiger partial charge in [0.15, 0.2) is 5.69 Å². The second kappa shape index (κ2) is 9.51. The van der Waals surface area contributed by atoms with Gasteiger partial charge in [-0.25, -0.2) is 4.79 Å². The fraction of sp³-hybridized carbons (Fsp3) is 0.308. The topological polar surface area (TPSA) is 93.5 Å². The molecule has 0 radical (unpaired) electrons. The molecule has 1 atom stereocenters. The van der Waals surface area contributed by atoms with Gasteiger partial charge in [-0.2, -0.15) is 5.10 Å². The van der Waals surface area contributed by atoms with Crippen molar-refractivity contribution in [2.45, 2.75) is 45.9 Å². The van der Waals surface area contributed by atoms with E-state index in [1.165, 1.54) is 10.7 Å². The van der Waals surface area contributed by atoms with Gasteiger partial charge in [-0.3, -0.25) is 14.3 Å². The SMILES string of the molecule is CCOC(=O)c1cc2n(n1)C[C@@](C)(C(=O)NCc1ccccc1)N(Cc1cccc(C)c1)C2=O. The molecule has 2 amide bonds. The number of nitrogens with zero attached hydrogens (tertiary/aromatic N) is 3. The van der Waals surface area contributed by atoms with Crippen molar-refractivity contribution in [3.63, 3.8) is 0 Å². The number of carbonyl (C=O) groups is 3. The number of esters is 1. The van der Waals surface area contributed by atoms with Gasteiger partial charge in [0.2, 0.25) is 5.91 Å². The van der Waals surface area contributed by atoms with E-state index in [-0.39, 0.29) is 42.9 Å². The molecule has 1 aromatic heterocycles. The Hall–Kier alpha value is -3.94. The Kier molecular flexibility index (Phi) is 6.49. The van der Waals surface area contributed by atoms with Crippen molar-refractivity contribution < 1.29 is 19.1 Å². The molecule has 3 aromatic rings. The minimum atomic E-state index is -1.22. The van der Waals surface area contributed by atoms with Crippen LogP contribution in [0.1, 0.15) is 51.5 Å². The van der Waals surface area contributed by atoms with Crippen molar-refractivity contribution in [2.75, 3.05) is 6.61 Å². The Morgan fingerprint density at radius 3 is 2.53 bits per heavy atom. The van der Waals surface area contributed by atoms with Gasteiger partial charge in [0, 0.05) is 19.2 Å². The van der Waals surface area contributed by atoms with Gasteiger partial charge in [-0.15, -0.1) is 0 Å². The van der Waals surface area contributed by atoms with Crippen LogP contribution in [0.3, 0.4) is 0 Å². The molecular weight excluding hydrogens is 432 g/mol. The molecule has 0 spiro atoms. The molecule has 8 nitrogen and oxygen atoms in total. The van der Waals surface area contributed by atoms with Crippen molar-refractivity contribution in [3.8, 4) is 0 Å². The normalized spacial score (nSPS) is 17.3. The van der Waals surface area contributed by atoms with E-state index in [0.29, 0.717) is 6.54 Å². The molecule has 0 saturated heterocycles. The Morgan fingerprint density at radius 1 is 1.09 bits per heavy atom. The van der Waals surface area contributed by atoms with Crippen molar-refractivity contribution in [1.29, 1.82) is 0 Å². The van der Waals surface area contributed by atoms with E-state index < -0.39 is 11.5 Å². The molecule has 0 bridgehead atoms. The number of amides is 2. The lowest BCUT2D eigenvalue weighted by atomic mass is 9.93. The highest BCUT2D eigenvalue weighted by Gasteiger charge is 2.48. The zero-order valence-electron chi connectivity index (χ0n) is 19.6. The van der Waals surface area contributed by atoms with Gasteiger partial charge in [0.25, 0.3) is 5.91 Å². The van der Waals surface area contributed by atoms with E-state index in [1.807, 2.05) is 61.5 Å². The van der Waals surface area contributed by atoms with E-state index in [2.05, 4.69) is 10.4 Å². The molecule has 0 saturated carbocycles. The summed E-state index contributed by atoms with van der Waals surface area (Å²) in [5, 5.41) is 7.26. The third kappa shape index (κ3) is 4.57. The lowest BCUT2D eigenvalue weighted by Crippen LogP contribution is -2.63. The maximum Gasteiger partial charge on any atom is 0.358 e. The third-order valence-electron chi connectivity index (χ3n) is 5.99. The summed E-state index contributed by atoms with van der Waals surface area (Å²) in [5.41, 5.74) is 2.01. The van der Waals surface area contributed by atoms with Crippen molar-refractivity contribution in [3.05, 3.63) is 88.7 Å². The summed E-state index contributed by atoms with van der Waals surface area (Å²) in [4.78, 5) is 40.9. The largest absolute Gasteiger partial charge is 0.461 e. The molecule has 8 heteroatoms. The average Bonchev–Trinajstić information content (AvgIpc) is 3.25. The second-order valence-corrected chi connectivity index (χ2v) is 8.62. The first kappa shape index (κ1) is 23.2. The quantitative estimate of drug-likeness (QED) is 0.547. The zero-order chi connectivity index (χ0) is 24.3. The van der Waals surface area contributed by atoms with Crippen LogP contribution in [0.25, 0.3) is 0 Å². The van der Waals surface area contributed by atoms with E-state index >= 15 is 0 Å². The number of hydrogen-bond acceptors (Lipinski definition) is 5. The highest BCUT2D eigenvalue weighted by molar-refractivity contribution is 6.01. The first-order chi connectivity index (χ1) is 16.3. The smallest absolute Gasteiger partial charge is 0.358 e. The molecule has 0 aliphatic carbocycles. The van der Waals surface area contributed by atoms with Crippen molar-refractivity contribution in [1.82, 2.24) is 20.0 Å². The standard InChI is InChI=1S/C26H28N4O4/c1-4-34-24(32)21-14-22-23(31)29(16-20-12-8-9-18(2)13-20)26(3,17-30(22)28-21)25(33)27-15-19-10-6-5-7-11-19/h5-14H,4,15-17H2,1-3H3,(H,27,33)/t26-/m0/s1. The summed E-state index contributed by atoms with van der Waals surface area (Å²) in [7, 11) is 0. The molecule has 34 heavy (non-hydrogen) atoms. The number of rotatable bonds is 7. The number of nitrogens with one attached hydrogen (secondary N) is 1. The summed E-state index contributed by atoms with van der Waals surface area (Å²) in [6, 6.07) is 18.8. The van der Waals surface area contributed by atoms with Gasteiger partial charge in [0.1, 0.15) is 11.2 Å². The van der Waals surface area contributed by atoms with Gasteiger partial charge in [-0.05, 0) is 31.9 Å². The number of aryl methyl sites for hydroxylation is 1. The van der Waals surface area contributed by atoms with Crippen LogP contribution in [0.5, 0.6) is 0 Å². The predicted molar refractivity (Wildman–Crippen MR) is 126 cm³/mol. The number of fused-ring (bicyclic) bond motifs is 1. The highest BCUT2D eigenvalue weighted by atomic mass is 16.5. The Bertz CT molecular complexity index is 1220. The molecule has 0 fully saturated rings. The number of aromatic nitrogens is 2. The van der Waals surface area contributed by atoms with Crippen LogP contribution in [0.15, 0.2) is 60.7 Å². The zero-order valence-corrected chi connectivity index (χ0v) is 19.6. The molecule has 4 rings (SSSR count). The van der Waals surface area contributed by atoms with E-state index in [0.717, 1.165) is 16.7 Å². The maximum absolute atomic E-state index is 13.6. The summed E-state index contributed by atoms with van der Waals surface area (Å²) in [6.07, 6.45) is 0. The number of ether oxygens (including phenoxy) is 1. The molecule has 1 aliphatic rings. The van der Waals surface area contributed by atoms with E-state index in [1.54, 1.807) is 18.7 Å². The molecule has 2 heterocycles. The van der Waals surface area contributed by atoms with Crippen LogP contribution in [-0.2, 0) is 29.2 Å². The lowest BCUT2D eigenvalue weighted by molar-refractivity contribution is -0.133. The van der Waals surface area contributed by atoms with Crippen molar-refractivity contribution >= 4 is 17.8 Å². The summed E-state index contributed by atoms with van der Waals surface area (Å²) < 4.78 is 6.48. The molecule has 0 unspecified atom stereocenters. The molecule has 176 valence electrons. The first-order valence-electron chi connectivity index (χ1n) is 11.3. The Morgan fingerprint density at radius 2 is 1.82 bits per heavy atom. The minimum absolute atomic E-state index is 0.0506. The van der Waals surface area contributed by atoms with Crippen LogP contribution < -0.4 is 5.32 Å². The molecule has 2 aromatic carbocycles. The van der Waals surface area contributed by atoms with Crippen LogP contribution in [0.4, 0.5) is 0 Å². The van der Waals surface area contributed by atoms with Crippen LogP contribution >= 0.6 is 0 Å². The fourth-order valence-electron chi connectivity index (χ4n) is 4.16.